The molecule has 5 nitrogen and oxygen atoms in total. The highest BCUT2D eigenvalue weighted by molar-refractivity contribution is 4.86. The Kier molecular flexibility index (Phi) is 11.1. The van der Waals surface area contributed by atoms with Gasteiger partial charge in [-0.05, 0) is 86.1 Å². The molecular formula is C28H58N4O. The van der Waals surface area contributed by atoms with Crippen LogP contribution in [0.5, 0.6) is 0 Å². The summed E-state index contributed by atoms with van der Waals surface area (Å²) in [5.74, 6) is 1.44. The molecule has 4 atom stereocenters. The lowest BCUT2D eigenvalue weighted by atomic mass is 9.90. The zero-order valence-corrected chi connectivity index (χ0v) is 23.9. The molecule has 2 rings (SSSR count). The van der Waals surface area contributed by atoms with Crippen LogP contribution in [0.15, 0.2) is 0 Å². The number of hydrogen-bond acceptors (Lipinski definition) is 5. The number of likely N-dealkylation sites (tertiary alicyclic amines) is 1. The Balaban J connectivity index is 1.65. The van der Waals surface area contributed by atoms with Crippen LogP contribution < -0.4 is 5.32 Å². The summed E-state index contributed by atoms with van der Waals surface area (Å²) in [6.07, 6.45) is 3.62. The number of ether oxygens (including phenoxy) is 1. The van der Waals surface area contributed by atoms with Crippen LogP contribution in [-0.2, 0) is 4.74 Å². The van der Waals surface area contributed by atoms with Gasteiger partial charge in [0.2, 0.25) is 0 Å². The van der Waals surface area contributed by atoms with Crippen molar-refractivity contribution in [3.63, 3.8) is 0 Å². The summed E-state index contributed by atoms with van der Waals surface area (Å²) in [4.78, 5) is 7.96. The first kappa shape index (κ1) is 29.0. The quantitative estimate of drug-likeness (QED) is 0.450. The van der Waals surface area contributed by atoms with Crippen LogP contribution in [-0.4, -0.2) is 96.4 Å². The van der Waals surface area contributed by atoms with Crippen LogP contribution in [0.1, 0.15) is 88.5 Å². The molecule has 5 heteroatoms. The molecule has 0 aromatic rings. The molecule has 1 N–H and O–H groups in total. The average molecular weight is 467 g/mol. The molecule has 0 aliphatic carbocycles. The molecule has 0 aromatic heterocycles. The number of nitrogens with zero attached hydrogens (tertiary/aromatic N) is 3. The second-order valence-electron chi connectivity index (χ2n) is 13.1. The molecule has 0 unspecified atom stereocenters. The summed E-state index contributed by atoms with van der Waals surface area (Å²) < 4.78 is 6.38. The minimum Gasteiger partial charge on any atom is -0.374 e. The van der Waals surface area contributed by atoms with Gasteiger partial charge < -0.3 is 10.1 Å². The third kappa shape index (κ3) is 10.1. The Labute approximate surface area is 207 Å². The molecule has 2 fully saturated rings. The van der Waals surface area contributed by atoms with E-state index in [-0.39, 0.29) is 11.1 Å². The molecule has 0 amide bonds. The molecule has 0 bridgehead atoms. The van der Waals surface area contributed by atoms with Crippen LogP contribution in [0.3, 0.4) is 0 Å². The van der Waals surface area contributed by atoms with E-state index in [0.717, 1.165) is 32.0 Å². The number of nitrogens with one attached hydrogen (secondary N) is 1. The Bertz CT molecular complexity index is 551. The van der Waals surface area contributed by atoms with Gasteiger partial charge in [0.15, 0.2) is 0 Å². The van der Waals surface area contributed by atoms with Gasteiger partial charge >= 0.3 is 0 Å². The standard InChI is InChI=1S/C28H58N4O/c1-22(2)24(4)31-15-17-32(18-16-31)25(5)23(3)11-13-28(9,10)33-20-19-30-14-12-26(21-30)29-27(6,7)8/h22-26,29H,11-21H2,1-10H3/t23-,24+,25+,26-/m0/s1. The third-order valence-corrected chi connectivity index (χ3v) is 8.30. The number of rotatable bonds is 12. The molecular weight excluding hydrogens is 408 g/mol. The van der Waals surface area contributed by atoms with Crippen molar-refractivity contribution in [3.05, 3.63) is 0 Å². The predicted molar refractivity (Wildman–Crippen MR) is 143 cm³/mol. The molecule has 196 valence electrons. The van der Waals surface area contributed by atoms with E-state index in [0.29, 0.717) is 24.0 Å². The van der Waals surface area contributed by atoms with E-state index in [1.165, 1.54) is 45.6 Å². The summed E-state index contributed by atoms with van der Waals surface area (Å²) in [6, 6.07) is 1.96. The van der Waals surface area contributed by atoms with Crippen LogP contribution in [0.4, 0.5) is 0 Å². The van der Waals surface area contributed by atoms with Gasteiger partial charge in [0.05, 0.1) is 12.2 Å². The fraction of sp³-hybridized carbons (Fsp3) is 1.00. The summed E-state index contributed by atoms with van der Waals surface area (Å²) in [7, 11) is 0. The van der Waals surface area contributed by atoms with Crippen LogP contribution in [0.2, 0.25) is 0 Å². The smallest absolute Gasteiger partial charge is 0.0627 e. The molecule has 2 heterocycles. The van der Waals surface area contributed by atoms with Gasteiger partial charge in [-0.25, -0.2) is 0 Å². The third-order valence-electron chi connectivity index (χ3n) is 8.30. The van der Waals surface area contributed by atoms with Gasteiger partial charge in [0.25, 0.3) is 0 Å². The summed E-state index contributed by atoms with van der Waals surface area (Å²) >= 11 is 0. The van der Waals surface area contributed by atoms with Gasteiger partial charge in [0.1, 0.15) is 0 Å². The molecule has 0 radical (unpaired) electrons. The van der Waals surface area contributed by atoms with Crippen LogP contribution in [0.25, 0.3) is 0 Å². The fourth-order valence-electron chi connectivity index (χ4n) is 5.44. The molecule has 0 spiro atoms. The second-order valence-corrected chi connectivity index (χ2v) is 13.1. The highest BCUT2D eigenvalue weighted by atomic mass is 16.5. The molecule has 2 aliphatic rings. The maximum Gasteiger partial charge on any atom is 0.0627 e. The first-order chi connectivity index (χ1) is 15.3. The fourth-order valence-corrected chi connectivity index (χ4v) is 5.44. The minimum absolute atomic E-state index is 0.0395. The van der Waals surface area contributed by atoms with Gasteiger partial charge in [-0.1, -0.05) is 20.8 Å². The lowest BCUT2D eigenvalue weighted by Gasteiger charge is -2.43. The zero-order chi connectivity index (χ0) is 24.8. The topological polar surface area (TPSA) is 31.0 Å². The highest BCUT2D eigenvalue weighted by Gasteiger charge is 2.29. The van der Waals surface area contributed by atoms with Crippen molar-refractivity contribution in [2.45, 2.75) is 118 Å². The monoisotopic (exact) mass is 466 g/mol. The Hall–Kier alpha value is -0.200. The Morgan fingerprint density at radius 1 is 0.848 bits per heavy atom. The number of hydrogen-bond donors (Lipinski definition) is 1. The molecule has 33 heavy (non-hydrogen) atoms. The molecule has 2 saturated heterocycles. The first-order valence-corrected chi connectivity index (χ1v) is 13.9. The minimum atomic E-state index is -0.0395. The van der Waals surface area contributed by atoms with Crippen molar-refractivity contribution < 1.29 is 4.74 Å². The van der Waals surface area contributed by atoms with Gasteiger partial charge in [-0.3, -0.25) is 14.7 Å². The molecule has 0 saturated carbocycles. The van der Waals surface area contributed by atoms with E-state index in [1.807, 2.05) is 0 Å². The lowest BCUT2D eigenvalue weighted by molar-refractivity contribution is -0.0363. The summed E-state index contributed by atoms with van der Waals surface area (Å²) in [5, 5.41) is 3.75. The van der Waals surface area contributed by atoms with Gasteiger partial charge in [-0.15, -0.1) is 0 Å². The SMILES string of the molecule is CC(C)[C@@H](C)N1CCN([C@H](C)[C@@H](C)CCC(C)(C)OCCN2CC[C@H](NC(C)(C)C)C2)CC1. The predicted octanol–water partition coefficient (Wildman–Crippen LogP) is 4.71. The van der Waals surface area contributed by atoms with Crippen molar-refractivity contribution >= 4 is 0 Å². The van der Waals surface area contributed by atoms with Gasteiger partial charge in [-0.2, -0.15) is 0 Å². The second kappa shape index (κ2) is 12.7. The zero-order valence-electron chi connectivity index (χ0n) is 23.9. The van der Waals surface area contributed by atoms with E-state index in [9.17, 15) is 0 Å². The van der Waals surface area contributed by atoms with Crippen LogP contribution in [0, 0.1) is 11.8 Å². The summed E-state index contributed by atoms with van der Waals surface area (Å²) in [6.45, 7) is 32.4. The average Bonchev–Trinajstić information content (AvgIpc) is 3.16. The largest absolute Gasteiger partial charge is 0.374 e. The Morgan fingerprint density at radius 2 is 1.42 bits per heavy atom. The maximum absolute atomic E-state index is 6.38. The summed E-state index contributed by atoms with van der Waals surface area (Å²) in [5.41, 5.74) is 0.162. The lowest BCUT2D eigenvalue weighted by Crippen LogP contribution is -2.54. The number of piperazine rings is 1. The normalized spacial score (nSPS) is 25.0. The maximum atomic E-state index is 6.38. The highest BCUT2D eigenvalue weighted by Crippen LogP contribution is 2.25. The van der Waals surface area contributed by atoms with E-state index in [4.69, 9.17) is 4.74 Å². The van der Waals surface area contributed by atoms with E-state index < -0.39 is 0 Å². The van der Waals surface area contributed by atoms with Crippen molar-refractivity contribution in [2.75, 3.05) is 52.4 Å². The molecule has 2 aliphatic heterocycles. The van der Waals surface area contributed by atoms with Crippen molar-refractivity contribution in [3.8, 4) is 0 Å². The van der Waals surface area contributed by atoms with E-state index >= 15 is 0 Å². The van der Waals surface area contributed by atoms with Gasteiger partial charge in [0, 0.05) is 62.9 Å². The Morgan fingerprint density at radius 3 is 1.97 bits per heavy atom. The first-order valence-electron chi connectivity index (χ1n) is 13.9. The van der Waals surface area contributed by atoms with Crippen molar-refractivity contribution in [1.29, 1.82) is 0 Å². The van der Waals surface area contributed by atoms with Crippen molar-refractivity contribution in [1.82, 2.24) is 20.0 Å². The van der Waals surface area contributed by atoms with E-state index in [2.05, 4.69) is 89.3 Å². The van der Waals surface area contributed by atoms with Crippen molar-refractivity contribution in [2.24, 2.45) is 11.8 Å². The van der Waals surface area contributed by atoms with E-state index in [1.54, 1.807) is 0 Å². The molecule has 0 aromatic carbocycles. The van der Waals surface area contributed by atoms with Crippen LogP contribution >= 0.6 is 0 Å².